The molecule has 0 spiro atoms. The van der Waals surface area contributed by atoms with Gasteiger partial charge in [-0.2, -0.15) is 4.98 Å². The fraction of sp³-hybridized carbons (Fsp3) is 0.200. The number of benzene rings is 1. The zero-order valence-corrected chi connectivity index (χ0v) is 11.3. The van der Waals surface area contributed by atoms with Gasteiger partial charge in [-0.15, -0.1) is 0 Å². The molecule has 0 unspecified atom stereocenters. The average Bonchev–Trinajstić information content (AvgIpc) is 2.85. The van der Waals surface area contributed by atoms with Crippen molar-refractivity contribution in [1.82, 2.24) is 15.0 Å². The molecule has 0 amide bonds. The molecule has 3 rings (SSSR count). The number of hydrogen-bond acceptors (Lipinski definition) is 4. The van der Waals surface area contributed by atoms with E-state index in [1.165, 1.54) is 0 Å². The highest BCUT2D eigenvalue weighted by Crippen LogP contribution is 2.28. The number of hydrogen-bond donors (Lipinski definition) is 2. The SMILES string of the molecule is CCOc1ccc2[nH]c(-c3cccc(O)c3C)nc2n1. The van der Waals surface area contributed by atoms with Crippen LogP contribution in [0, 0.1) is 6.92 Å². The number of fused-ring (bicyclic) bond motifs is 1. The van der Waals surface area contributed by atoms with E-state index in [1.54, 1.807) is 12.1 Å². The predicted molar refractivity (Wildman–Crippen MR) is 76.9 cm³/mol. The fourth-order valence-electron chi connectivity index (χ4n) is 2.11. The summed E-state index contributed by atoms with van der Waals surface area (Å²) in [5, 5.41) is 9.77. The Morgan fingerprint density at radius 2 is 2.05 bits per heavy atom. The van der Waals surface area contributed by atoms with Gasteiger partial charge in [0.05, 0.1) is 12.1 Å². The van der Waals surface area contributed by atoms with E-state index >= 15 is 0 Å². The van der Waals surface area contributed by atoms with Crippen LogP contribution >= 0.6 is 0 Å². The van der Waals surface area contributed by atoms with Gasteiger partial charge in [0.15, 0.2) is 5.65 Å². The number of phenolic OH excluding ortho intramolecular Hbond substituents is 1. The van der Waals surface area contributed by atoms with Gasteiger partial charge in [0, 0.05) is 17.2 Å². The third-order valence-corrected chi connectivity index (χ3v) is 3.17. The van der Waals surface area contributed by atoms with Crippen LogP contribution in [0.4, 0.5) is 0 Å². The number of aromatic nitrogens is 3. The minimum Gasteiger partial charge on any atom is -0.508 e. The van der Waals surface area contributed by atoms with Gasteiger partial charge in [-0.1, -0.05) is 12.1 Å². The van der Waals surface area contributed by atoms with Crippen molar-refractivity contribution in [3.05, 3.63) is 35.9 Å². The number of ether oxygens (including phenoxy) is 1. The number of aromatic amines is 1. The van der Waals surface area contributed by atoms with Crippen molar-refractivity contribution in [3.8, 4) is 23.0 Å². The summed E-state index contributed by atoms with van der Waals surface area (Å²) in [5.74, 6) is 1.51. The first-order chi connectivity index (χ1) is 9.69. The average molecular weight is 269 g/mol. The lowest BCUT2D eigenvalue weighted by Gasteiger charge is -2.03. The van der Waals surface area contributed by atoms with Crippen LogP contribution in [0.2, 0.25) is 0 Å². The molecule has 0 bridgehead atoms. The van der Waals surface area contributed by atoms with Crippen LogP contribution in [0.5, 0.6) is 11.6 Å². The molecule has 3 aromatic rings. The first kappa shape index (κ1) is 12.5. The van der Waals surface area contributed by atoms with Crippen molar-refractivity contribution in [2.75, 3.05) is 6.61 Å². The largest absolute Gasteiger partial charge is 0.508 e. The Kier molecular flexibility index (Phi) is 3.02. The number of nitrogens with one attached hydrogen (secondary N) is 1. The molecule has 102 valence electrons. The highest BCUT2D eigenvalue weighted by atomic mass is 16.5. The number of pyridine rings is 1. The van der Waals surface area contributed by atoms with Gasteiger partial charge < -0.3 is 14.8 Å². The molecule has 20 heavy (non-hydrogen) atoms. The molecule has 0 fully saturated rings. The van der Waals surface area contributed by atoms with Gasteiger partial charge in [0.2, 0.25) is 5.88 Å². The van der Waals surface area contributed by atoms with E-state index in [2.05, 4.69) is 15.0 Å². The van der Waals surface area contributed by atoms with E-state index in [4.69, 9.17) is 4.74 Å². The van der Waals surface area contributed by atoms with Gasteiger partial charge in [0.25, 0.3) is 0 Å². The molecule has 2 N–H and O–H groups in total. The van der Waals surface area contributed by atoms with E-state index in [-0.39, 0.29) is 5.75 Å². The van der Waals surface area contributed by atoms with Crippen LogP contribution in [-0.4, -0.2) is 26.7 Å². The molecule has 5 heteroatoms. The number of rotatable bonds is 3. The molecule has 0 saturated heterocycles. The molecule has 5 nitrogen and oxygen atoms in total. The van der Waals surface area contributed by atoms with Crippen LogP contribution in [-0.2, 0) is 0 Å². The summed E-state index contributed by atoms with van der Waals surface area (Å²) >= 11 is 0. The Morgan fingerprint density at radius 3 is 2.85 bits per heavy atom. The van der Waals surface area contributed by atoms with Gasteiger partial charge in [-0.3, -0.25) is 0 Å². The molecule has 0 atom stereocenters. The quantitative estimate of drug-likeness (QED) is 0.766. The van der Waals surface area contributed by atoms with Crippen molar-refractivity contribution in [3.63, 3.8) is 0 Å². The molecule has 0 radical (unpaired) electrons. The van der Waals surface area contributed by atoms with Gasteiger partial charge in [-0.25, -0.2) is 4.98 Å². The lowest BCUT2D eigenvalue weighted by molar-refractivity contribution is 0.328. The van der Waals surface area contributed by atoms with Crippen LogP contribution < -0.4 is 4.74 Å². The van der Waals surface area contributed by atoms with Crippen molar-refractivity contribution < 1.29 is 9.84 Å². The molecule has 1 aromatic carbocycles. The Balaban J connectivity index is 2.10. The van der Waals surface area contributed by atoms with Gasteiger partial charge in [0.1, 0.15) is 11.6 Å². The number of phenols is 1. The van der Waals surface area contributed by atoms with Crippen molar-refractivity contribution in [1.29, 1.82) is 0 Å². The predicted octanol–water partition coefficient (Wildman–Crippen LogP) is 3.04. The lowest BCUT2D eigenvalue weighted by Crippen LogP contribution is -1.93. The molecule has 0 saturated carbocycles. The fourth-order valence-corrected chi connectivity index (χ4v) is 2.11. The summed E-state index contributed by atoms with van der Waals surface area (Å²) in [7, 11) is 0. The Hall–Kier alpha value is -2.56. The Morgan fingerprint density at radius 1 is 1.20 bits per heavy atom. The Labute approximate surface area is 116 Å². The molecule has 0 aliphatic carbocycles. The zero-order valence-electron chi connectivity index (χ0n) is 11.3. The van der Waals surface area contributed by atoms with E-state index in [1.807, 2.05) is 32.0 Å². The van der Waals surface area contributed by atoms with Crippen molar-refractivity contribution in [2.45, 2.75) is 13.8 Å². The molecule has 0 aliphatic heterocycles. The second-order valence-electron chi connectivity index (χ2n) is 4.49. The first-order valence-corrected chi connectivity index (χ1v) is 6.47. The first-order valence-electron chi connectivity index (χ1n) is 6.47. The number of nitrogens with zero attached hydrogens (tertiary/aromatic N) is 2. The van der Waals surface area contributed by atoms with Crippen molar-refractivity contribution >= 4 is 11.2 Å². The summed E-state index contributed by atoms with van der Waals surface area (Å²) in [6, 6.07) is 9.07. The second-order valence-corrected chi connectivity index (χ2v) is 4.49. The number of aromatic hydroxyl groups is 1. The normalized spacial score (nSPS) is 10.9. The van der Waals surface area contributed by atoms with E-state index < -0.39 is 0 Å². The third kappa shape index (κ3) is 2.07. The second kappa shape index (κ2) is 4.85. The van der Waals surface area contributed by atoms with Gasteiger partial charge >= 0.3 is 0 Å². The minimum absolute atomic E-state index is 0.255. The molecule has 0 aliphatic rings. The zero-order chi connectivity index (χ0) is 14.1. The van der Waals surface area contributed by atoms with Crippen LogP contribution in [0.3, 0.4) is 0 Å². The van der Waals surface area contributed by atoms with Gasteiger partial charge in [-0.05, 0) is 26.0 Å². The minimum atomic E-state index is 0.255. The molecular weight excluding hydrogens is 254 g/mol. The summed E-state index contributed by atoms with van der Waals surface area (Å²) in [6.45, 7) is 4.34. The summed E-state index contributed by atoms with van der Waals surface area (Å²) in [5.41, 5.74) is 3.09. The van der Waals surface area contributed by atoms with Crippen molar-refractivity contribution in [2.24, 2.45) is 0 Å². The molecule has 2 aromatic heterocycles. The maximum atomic E-state index is 9.77. The highest BCUT2D eigenvalue weighted by Gasteiger charge is 2.11. The Bertz CT molecular complexity index is 765. The summed E-state index contributed by atoms with van der Waals surface area (Å²) < 4.78 is 5.37. The molecule has 2 heterocycles. The smallest absolute Gasteiger partial charge is 0.215 e. The third-order valence-electron chi connectivity index (χ3n) is 3.17. The summed E-state index contributed by atoms with van der Waals surface area (Å²) in [6.07, 6.45) is 0. The van der Waals surface area contributed by atoms with E-state index in [0.29, 0.717) is 24.0 Å². The van der Waals surface area contributed by atoms with E-state index in [0.717, 1.165) is 16.6 Å². The number of imidazole rings is 1. The van der Waals surface area contributed by atoms with Crippen LogP contribution in [0.15, 0.2) is 30.3 Å². The maximum absolute atomic E-state index is 9.77. The lowest BCUT2D eigenvalue weighted by atomic mass is 10.1. The topological polar surface area (TPSA) is 71.0 Å². The summed E-state index contributed by atoms with van der Waals surface area (Å²) in [4.78, 5) is 12.0. The maximum Gasteiger partial charge on any atom is 0.215 e. The monoisotopic (exact) mass is 269 g/mol. The standard InChI is InChI=1S/C15H15N3O2/c1-3-20-13-8-7-11-15(17-13)18-14(16-11)10-5-4-6-12(19)9(10)2/h4-8,19H,3H2,1-2H3,(H,16,17,18). The van der Waals surface area contributed by atoms with E-state index in [9.17, 15) is 5.11 Å². The molecular formula is C15H15N3O2. The highest BCUT2D eigenvalue weighted by molar-refractivity contribution is 5.77. The van der Waals surface area contributed by atoms with Crippen LogP contribution in [0.25, 0.3) is 22.6 Å². The number of H-pyrrole nitrogens is 1. The van der Waals surface area contributed by atoms with Crippen LogP contribution in [0.1, 0.15) is 12.5 Å².